The zero-order valence-electron chi connectivity index (χ0n) is 9.41. The number of hydrogen-bond donors (Lipinski definition) is 0. The Morgan fingerprint density at radius 1 is 1.24 bits per heavy atom. The maximum atomic E-state index is 5.97. The standard InChI is InChI=1S/C12H12Cl2N2O/c1-2-3-6-17-8-4-5-9-10(7-8)15-12(14)16-11(9)13/h4-5,7H,2-3,6H2,1H3. The van der Waals surface area contributed by atoms with E-state index in [9.17, 15) is 0 Å². The third kappa shape index (κ3) is 2.99. The van der Waals surface area contributed by atoms with Crippen LogP contribution in [0.5, 0.6) is 5.75 Å². The molecule has 0 amide bonds. The molecule has 90 valence electrons. The van der Waals surface area contributed by atoms with Gasteiger partial charge in [0.2, 0.25) is 5.28 Å². The number of ether oxygens (including phenoxy) is 1. The van der Waals surface area contributed by atoms with E-state index in [-0.39, 0.29) is 5.28 Å². The zero-order valence-corrected chi connectivity index (χ0v) is 10.9. The van der Waals surface area contributed by atoms with E-state index in [1.165, 1.54) is 0 Å². The molecule has 0 radical (unpaired) electrons. The average Bonchev–Trinajstić information content (AvgIpc) is 2.28. The summed E-state index contributed by atoms with van der Waals surface area (Å²) in [7, 11) is 0. The second-order valence-electron chi connectivity index (χ2n) is 3.66. The Balaban J connectivity index is 2.30. The highest BCUT2D eigenvalue weighted by Gasteiger charge is 2.05. The van der Waals surface area contributed by atoms with Crippen molar-refractivity contribution in [2.45, 2.75) is 19.8 Å². The lowest BCUT2D eigenvalue weighted by atomic mass is 10.2. The third-order valence-corrected chi connectivity index (χ3v) is 2.82. The molecular weight excluding hydrogens is 259 g/mol. The normalized spacial score (nSPS) is 10.8. The summed E-state index contributed by atoms with van der Waals surface area (Å²) in [6.07, 6.45) is 2.14. The fraction of sp³-hybridized carbons (Fsp3) is 0.333. The lowest BCUT2D eigenvalue weighted by Gasteiger charge is -2.06. The predicted octanol–water partition coefficient (Wildman–Crippen LogP) is 4.12. The van der Waals surface area contributed by atoms with Crippen molar-refractivity contribution in [1.82, 2.24) is 9.97 Å². The minimum absolute atomic E-state index is 0.146. The van der Waals surface area contributed by atoms with Crippen LogP contribution in [-0.2, 0) is 0 Å². The number of hydrogen-bond acceptors (Lipinski definition) is 3. The second-order valence-corrected chi connectivity index (χ2v) is 4.36. The Labute approximate surface area is 110 Å². The highest BCUT2D eigenvalue weighted by atomic mass is 35.5. The van der Waals surface area contributed by atoms with Gasteiger partial charge in [-0.25, -0.2) is 9.97 Å². The van der Waals surface area contributed by atoms with E-state index >= 15 is 0 Å². The molecule has 0 bridgehead atoms. The summed E-state index contributed by atoms with van der Waals surface area (Å²) in [4.78, 5) is 8.00. The van der Waals surface area contributed by atoms with E-state index in [0.717, 1.165) is 24.0 Å². The highest BCUT2D eigenvalue weighted by molar-refractivity contribution is 6.35. The Morgan fingerprint density at radius 3 is 2.82 bits per heavy atom. The molecule has 1 aromatic carbocycles. The van der Waals surface area contributed by atoms with Crippen molar-refractivity contribution in [3.63, 3.8) is 0 Å². The first-order chi connectivity index (χ1) is 8.20. The smallest absolute Gasteiger partial charge is 0.224 e. The largest absolute Gasteiger partial charge is 0.494 e. The number of halogens is 2. The lowest BCUT2D eigenvalue weighted by Crippen LogP contribution is -1.96. The van der Waals surface area contributed by atoms with E-state index in [0.29, 0.717) is 17.3 Å². The Morgan fingerprint density at radius 2 is 2.06 bits per heavy atom. The minimum atomic E-state index is 0.146. The molecule has 0 atom stereocenters. The van der Waals surface area contributed by atoms with Crippen molar-refractivity contribution < 1.29 is 4.74 Å². The number of benzene rings is 1. The van der Waals surface area contributed by atoms with Gasteiger partial charge in [-0.1, -0.05) is 24.9 Å². The first kappa shape index (κ1) is 12.4. The second kappa shape index (κ2) is 5.52. The number of rotatable bonds is 4. The number of fused-ring (bicyclic) bond motifs is 1. The van der Waals surface area contributed by atoms with Gasteiger partial charge in [-0.3, -0.25) is 0 Å². The van der Waals surface area contributed by atoms with Crippen LogP contribution in [0, 0.1) is 0 Å². The SMILES string of the molecule is CCCCOc1ccc2c(Cl)nc(Cl)nc2c1. The minimum Gasteiger partial charge on any atom is -0.494 e. The molecule has 1 aromatic heterocycles. The van der Waals surface area contributed by atoms with E-state index in [4.69, 9.17) is 27.9 Å². The van der Waals surface area contributed by atoms with Crippen LogP contribution in [0.4, 0.5) is 0 Å². The quantitative estimate of drug-likeness (QED) is 0.476. The molecule has 0 saturated heterocycles. The average molecular weight is 271 g/mol. The fourth-order valence-corrected chi connectivity index (χ4v) is 1.93. The molecule has 0 fully saturated rings. The lowest BCUT2D eigenvalue weighted by molar-refractivity contribution is 0.310. The summed E-state index contributed by atoms with van der Waals surface area (Å²) in [5.74, 6) is 0.775. The van der Waals surface area contributed by atoms with Crippen LogP contribution in [0.3, 0.4) is 0 Å². The monoisotopic (exact) mass is 270 g/mol. The van der Waals surface area contributed by atoms with Crippen molar-refractivity contribution in [3.05, 3.63) is 28.6 Å². The molecule has 17 heavy (non-hydrogen) atoms. The molecule has 3 nitrogen and oxygen atoms in total. The summed E-state index contributed by atoms with van der Waals surface area (Å²) in [6, 6.07) is 5.53. The summed E-state index contributed by atoms with van der Waals surface area (Å²) in [5, 5.41) is 1.28. The molecule has 0 aliphatic rings. The van der Waals surface area contributed by atoms with Crippen LogP contribution < -0.4 is 4.74 Å². The van der Waals surface area contributed by atoms with E-state index in [1.54, 1.807) is 0 Å². The van der Waals surface area contributed by atoms with Crippen molar-refractivity contribution >= 4 is 34.1 Å². The molecular formula is C12H12Cl2N2O. The van der Waals surface area contributed by atoms with Crippen molar-refractivity contribution in [3.8, 4) is 5.75 Å². The van der Waals surface area contributed by atoms with Crippen LogP contribution in [-0.4, -0.2) is 16.6 Å². The molecule has 0 saturated carbocycles. The van der Waals surface area contributed by atoms with Crippen LogP contribution in [0.15, 0.2) is 18.2 Å². The summed E-state index contributed by atoms with van der Waals surface area (Å²) in [6.45, 7) is 2.82. The van der Waals surface area contributed by atoms with Crippen LogP contribution in [0.25, 0.3) is 10.9 Å². The summed E-state index contributed by atoms with van der Waals surface area (Å²) >= 11 is 11.7. The highest BCUT2D eigenvalue weighted by Crippen LogP contribution is 2.25. The van der Waals surface area contributed by atoms with Gasteiger partial charge < -0.3 is 4.74 Å². The first-order valence-electron chi connectivity index (χ1n) is 5.46. The number of nitrogens with zero attached hydrogens (tertiary/aromatic N) is 2. The van der Waals surface area contributed by atoms with E-state index in [1.807, 2.05) is 18.2 Å². The van der Waals surface area contributed by atoms with Crippen LogP contribution >= 0.6 is 23.2 Å². The maximum Gasteiger partial charge on any atom is 0.224 e. The summed E-state index contributed by atoms with van der Waals surface area (Å²) < 4.78 is 5.59. The van der Waals surface area contributed by atoms with Crippen molar-refractivity contribution in [1.29, 1.82) is 0 Å². The fourth-order valence-electron chi connectivity index (χ4n) is 1.47. The summed E-state index contributed by atoms with van der Waals surface area (Å²) in [5.41, 5.74) is 0.698. The number of unbranched alkanes of at least 4 members (excludes halogenated alkanes) is 1. The topological polar surface area (TPSA) is 35.0 Å². The van der Waals surface area contributed by atoms with Gasteiger partial charge in [0.05, 0.1) is 12.1 Å². The Bertz CT molecular complexity index is 531. The van der Waals surface area contributed by atoms with E-state index in [2.05, 4.69) is 16.9 Å². The third-order valence-electron chi connectivity index (χ3n) is 2.36. The molecule has 0 unspecified atom stereocenters. The van der Waals surface area contributed by atoms with Gasteiger partial charge >= 0.3 is 0 Å². The van der Waals surface area contributed by atoms with Gasteiger partial charge in [-0.15, -0.1) is 0 Å². The van der Waals surface area contributed by atoms with Gasteiger partial charge in [0.25, 0.3) is 0 Å². The van der Waals surface area contributed by atoms with Crippen LogP contribution in [0.2, 0.25) is 10.4 Å². The van der Waals surface area contributed by atoms with Gasteiger partial charge in [-0.05, 0) is 30.2 Å². The number of aromatic nitrogens is 2. The molecule has 0 aliphatic heterocycles. The van der Waals surface area contributed by atoms with Gasteiger partial charge in [-0.2, -0.15) is 0 Å². The van der Waals surface area contributed by atoms with Crippen molar-refractivity contribution in [2.24, 2.45) is 0 Å². The molecule has 2 aromatic rings. The maximum absolute atomic E-state index is 5.97. The molecule has 0 N–H and O–H groups in total. The van der Waals surface area contributed by atoms with E-state index < -0.39 is 0 Å². The molecule has 5 heteroatoms. The molecule has 0 aliphatic carbocycles. The van der Waals surface area contributed by atoms with Gasteiger partial charge in [0.15, 0.2) is 0 Å². The first-order valence-corrected chi connectivity index (χ1v) is 6.22. The molecule has 2 rings (SSSR count). The molecule has 1 heterocycles. The zero-order chi connectivity index (χ0) is 12.3. The van der Waals surface area contributed by atoms with Crippen LogP contribution in [0.1, 0.15) is 19.8 Å². The van der Waals surface area contributed by atoms with Gasteiger partial charge in [0.1, 0.15) is 10.9 Å². The Hall–Kier alpha value is -1.06. The molecule has 0 spiro atoms. The van der Waals surface area contributed by atoms with Gasteiger partial charge in [0, 0.05) is 11.5 Å². The van der Waals surface area contributed by atoms with Crippen molar-refractivity contribution in [2.75, 3.05) is 6.61 Å². The Kier molecular flexibility index (Phi) is 4.02. The predicted molar refractivity (Wildman–Crippen MR) is 70.0 cm³/mol.